The van der Waals surface area contributed by atoms with Crippen LogP contribution in [-0.4, -0.2) is 44.1 Å². The fourth-order valence-corrected chi connectivity index (χ4v) is 4.47. The smallest absolute Gasteiger partial charge is 0.0967 e. The number of piperazine rings is 1. The van der Waals surface area contributed by atoms with Gasteiger partial charge in [-0.05, 0) is 38.5 Å². The number of hydrogen-bond donors (Lipinski definition) is 1. The molecule has 4 rings (SSSR count). The van der Waals surface area contributed by atoms with E-state index in [1.54, 1.807) is 0 Å². The molecule has 1 spiro atoms. The molecule has 1 aromatic rings. The van der Waals surface area contributed by atoms with Gasteiger partial charge in [-0.1, -0.05) is 18.1 Å². The Kier molecular flexibility index (Phi) is 3.12. The van der Waals surface area contributed by atoms with Crippen LogP contribution in [-0.2, 0) is 13.6 Å². The maximum atomic E-state index is 4.32. The Morgan fingerprint density at radius 3 is 2.71 bits per heavy atom. The van der Waals surface area contributed by atoms with E-state index in [4.69, 9.17) is 0 Å². The summed E-state index contributed by atoms with van der Waals surface area (Å²) in [6.45, 7) is 5.72. The first-order valence-electron chi connectivity index (χ1n) is 8.45. The quantitative estimate of drug-likeness (QED) is 0.920. The van der Waals surface area contributed by atoms with Crippen molar-refractivity contribution in [3.8, 4) is 0 Å². The molecule has 21 heavy (non-hydrogen) atoms. The minimum atomic E-state index is 0.297. The molecule has 0 aromatic carbocycles. The maximum absolute atomic E-state index is 4.32. The third-order valence-corrected chi connectivity index (χ3v) is 6.06. The summed E-state index contributed by atoms with van der Waals surface area (Å²) in [7, 11) is 1.95. The Balaban J connectivity index is 1.57. The van der Waals surface area contributed by atoms with Gasteiger partial charge in [-0.15, -0.1) is 5.10 Å². The number of nitrogens with one attached hydrogen (secondary N) is 1. The molecule has 1 N–H and O–H groups in total. The van der Waals surface area contributed by atoms with Crippen molar-refractivity contribution in [1.29, 1.82) is 0 Å². The molecule has 5 nitrogen and oxygen atoms in total. The zero-order valence-electron chi connectivity index (χ0n) is 13.3. The highest BCUT2D eigenvalue weighted by molar-refractivity contribution is 5.11. The summed E-state index contributed by atoms with van der Waals surface area (Å²) in [4.78, 5) is 2.72. The van der Waals surface area contributed by atoms with Crippen molar-refractivity contribution < 1.29 is 0 Å². The molecular weight excluding hydrogens is 262 g/mol. The Labute approximate surface area is 127 Å². The van der Waals surface area contributed by atoms with E-state index in [1.807, 2.05) is 11.7 Å². The van der Waals surface area contributed by atoms with Crippen LogP contribution in [0.4, 0.5) is 0 Å². The highest BCUT2D eigenvalue weighted by Gasteiger charge is 2.52. The van der Waals surface area contributed by atoms with Crippen LogP contribution < -0.4 is 5.32 Å². The van der Waals surface area contributed by atoms with E-state index in [9.17, 15) is 0 Å². The van der Waals surface area contributed by atoms with Gasteiger partial charge in [0.05, 0.1) is 5.69 Å². The van der Waals surface area contributed by atoms with Crippen LogP contribution in [0.2, 0.25) is 0 Å². The van der Waals surface area contributed by atoms with Crippen LogP contribution >= 0.6 is 0 Å². The van der Waals surface area contributed by atoms with Crippen LogP contribution in [0.25, 0.3) is 0 Å². The van der Waals surface area contributed by atoms with Crippen LogP contribution in [0.15, 0.2) is 6.20 Å². The molecule has 1 saturated heterocycles. The van der Waals surface area contributed by atoms with Crippen LogP contribution in [0.1, 0.15) is 51.1 Å². The number of rotatable bonds is 3. The molecule has 0 radical (unpaired) electrons. The number of aromatic nitrogens is 3. The molecule has 2 saturated carbocycles. The largest absolute Gasteiger partial charge is 0.308 e. The summed E-state index contributed by atoms with van der Waals surface area (Å²) in [5.74, 6) is 0.862. The molecule has 5 heteroatoms. The second-order valence-electron chi connectivity index (χ2n) is 7.71. The first kappa shape index (κ1) is 13.7. The van der Waals surface area contributed by atoms with Crippen molar-refractivity contribution in [2.24, 2.45) is 13.0 Å². The lowest BCUT2D eigenvalue weighted by molar-refractivity contribution is -0.00466. The molecule has 1 unspecified atom stereocenters. The van der Waals surface area contributed by atoms with Gasteiger partial charge in [0.25, 0.3) is 0 Å². The fraction of sp³-hybridized carbons (Fsp3) is 0.875. The maximum Gasteiger partial charge on any atom is 0.0967 e. The lowest BCUT2D eigenvalue weighted by Gasteiger charge is -2.52. The van der Waals surface area contributed by atoms with Crippen molar-refractivity contribution in [2.45, 2.75) is 63.1 Å². The molecule has 116 valence electrons. The normalized spacial score (nSPS) is 32.9. The second-order valence-corrected chi connectivity index (χ2v) is 7.71. The monoisotopic (exact) mass is 289 g/mol. The SMILES string of the molecule is Cn1cc(CN2CC3(CCCC3)NCC2(C)C2CC2)nn1. The molecule has 3 fully saturated rings. The minimum Gasteiger partial charge on any atom is -0.308 e. The molecule has 2 heterocycles. The zero-order valence-corrected chi connectivity index (χ0v) is 13.3. The van der Waals surface area contributed by atoms with E-state index >= 15 is 0 Å². The van der Waals surface area contributed by atoms with Crippen molar-refractivity contribution in [3.05, 3.63) is 11.9 Å². The van der Waals surface area contributed by atoms with Crippen molar-refractivity contribution in [2.75, 3.05) is 13.1 Å². The Hall–Kier alpha value is -0.940. The molecule has 3 aliphatic rings. The fourth-order valence-electron chi connectivity index (χ4n) is 4.47. The zero-order chi connectivity index (χ0) is 14.5. The van der Waals surface area contributed by atoms with Crippen LogP contribution in [0.5, 0.6) is 0 Å². The predicted molar refractivity (Wildman–Crippen MR) is 81.7 cm³/mol. The first-order valence-corrected chi connectivity index (χ1v) is 8.45. The van der Waals surface area contributed by atoms with E-state index in [0.717, 1.165) is 24.7 Å². The van der Waals surface area contributed by atoms with Gasteiger partial charge in [-0.25, -0.2) is 0 Å². The van der Waals surface area contributed by atoms with E-state index < -0.39 is 0 Å². The average Bonchev–Trinajstić information content (AvgIpc) is 3.11. The number of aryl methyl sites for hydroxylation is 1. The molecule has 1 atom stereocenters. The van der Waals surface area contributed by atoms with Crippen LogP contribution in [0, 0.1) is 5.92 Å². The lowest BCUT2D eigenvalue weighted by Crippen LogP contribution is -2.68. The predicted octanol–water partition coefficient (Wildman–Crippen LogP) is 1.70. The molecule has 0 amide bonds. The summed E-state index contributed by atoms with van der Waals surface area (Å²) in [5.41, 5.74) is 1.78. The summed E-state index contributed by atoms with van der Waals surface area (Å²) in [6, 6.07) is 0. The van der Waals surface area contributed by atoms with Gasteiger partial charge in [0.1, 0.15) is 0 Å². The second kappa shape index (κ2) is 4.78. The van der Waals surface area contributed by atoms with Crippen LogP contribution in [0.3, 0.4) is 0 Å². The highest BCUT2D eigenvalue weighted by Crippen LogP contribution is 2.47. The van der Waals surface area contributed by atoms with Gasteiger partial charge in [0.15, 0.2) is 0 Å². The number of hydrogen-bond acceptors (Lipinski definition) is 4. The van der Waals surface area contributed by atoms with Gasteiger partial charge < -0.3 is 5.32 Å². The van der Waals surface area contributed by atoms with Crippen molar-refractivity contribution >= 4 is 0 Å². The van der Waals surface area contributed by atoms with Gasteiger partial charge >= 0.3 is 0 Å². The van der Waals surface area contributed by atoms with Crippen molar-refractivity contribution in [1.82, 2.24) is 25.2 Å². The summed E-state index contributed by atoms with van der Waals surface area (Å²) < 4.78 is 1.82. The van der Waals surface area contributed by atoms with E-state index in [-0.39, 0.29) is 0 Å². The van der Waals surface area contributed by atoms with Gasteiger partial charge in [0.2, 0.25) is 0 Å². The third-order valence-electron chi connectivity index (χ3n) is 6.06. The van der Waals surface area contributed by atoms with E-state index in [0.29, 0.717) is 11.1 Å². The van der Waals surface area contributed by atoms with E-state index in [2.05, 4.69) is 33.6 Å². The Bertz CT molecular complexity index is 514. The summed E-state index contributed by atoms with van der Waals surface area (Å²) in [6.07, 6.45) is 10.3. The first-order chi connectivity index (χ1) is 10.1. The standard InChI is InChI=1S/C16H27N5/c1-15(13-5-6-13)11-17-16(7-3-4-8-16)12-21(15)10-14-9-20(2)19-18-14/h9,13,17H,3-8,10-12H2,1-2H3. The summed E-state index contributed by atoms with van der Waals surface area (Å²) >= 11 is 0. The number of nitrogens with zero attached hydrogens (tertiary/aromatic N) is 4. The van der Waals surface area contributed by atoms with Gasteiger partial charge in [-0.2, -0.15) is 0 Å². The molecule has 2 aliphatic carbocycles. The third kappa shape index (κ3) is 2.40. The topological polar surface area (TPSA) is 46.0 Å². The van der Waals surface area contributed by atoms with E-state index in [1.165, 1.54) is 45.1 Å². The highest BCUT2D eigenvalue weighted by atomic mass is 15.4. The lowest BCUT2D eigenvalue weighted by atomic mass is 9.83. The van der Waals surface area contributed by atoms with Crippen molar-refractivity contribution in [3.63, 3.8) is 0 Å². The minimum absolute atomic E-state index is 0.297. The summed E-state index contributed by atoms with van der Waals surface area (Å²) in [5, 5.41) is 12.4. The van der Waals surface area contributed by atoms with Gasteiger partial charge in [-0.3, -0.25) is 9.58 Å². The Morgan fingerprint density at radius 1 is 1.33 bits per heavy atom. The van der Waals surface area contributed by atoms with Gasteiger partial charge in [0, 0.05) is 44.0 Å². The average molecular weight is 289 g/mol. The molecule has 0 bridgehead atoms. The molecular formula is C16H27N5. The Morgan fingerprint density at radius 2 is 2.10 bits per heavy atom. The molecule has 1 aromatic heterocycles. The molecule has 1 aliphatic heterocycles.